The number of fused-ring (bicyclic) bond motifs is 3. The lowest BCUT2D eigenvalue weighted by atomic mass is 9.59. The van der Waals surface area contributed by atoms with Gasteiger partial charge in [0, 0.05) is 25.7 Å². The Kier molecular flexibility index (Phi) is 26.8. The topological polar surface area (TPSA) is 72.9 Å². The summed E-state index contributed by atoms with van der Waals surface area (Å²) in [5, 5.41) is 0. The number of carbonyl (C=O) groups excluding carboxylic acids is 3. The molecule has 0 aromatic carbocycles. The van der Waals surface area contributed by atoms with E-state index in [1.165, 1.54) is 103 Å². The maximum atomic E-state index is 12.6. The van der Waals surface area contributed by atoms with Gasteiger partial charge in [-0.3, -0.25) is 14.4 Å². The second kappa shape index (κ2) is 29.9. The van der Waals surface area contributed by atoms with E-state index in [9.17, 15) is 14.4 Å². The average Bonchev–Trinajstić information content (AvgIpc) is 3.13. The molecule has 0 aromatic heterocycles. The van der Waals surface area contributed by atoms with E-state index in [-0.39, 0.29) is 18.0 Å². The molecule has 0 heterocycles. The molecule has 0 aromatic rings. The first-order chi connectivity index (χ1) is 25.2. The minimum atomic E-state index is -0.0745. The predicted octanol–water partition coefficient (Wildman–Crippen LogP) is 12.7. The smallest absolute Gasteiger partial charge is 0.306 e. The molecule has 0 spiro atoms. The summed E-state index contributed by atoms with van der Waals surface area (Å²) in [6, 6.07) is 0. The Bertz CT molecular complexity index is 887. The van der Waals surface area contributed by atoms with Gasteiger partial charge in [0.2, 0.25) is 0 Å². The lowest BCUT2D eigenvalue weighted by Crippen LogP contribution is -2.33. The zero-order valence-corrected chi connectivity index (χ0v) is 35.0. The highest BCUT2D eigenvalue weighted by Gasteiger charge is 2.39. The van der Waals surface area contributed by atoms with Crippen molar-refractivity contribution in [1.29, 1.82) is 0 Å². The fourth-order valence-electron chi connectivity index (χ4n) is 8.96. The summed E-state index contributed by atoms with van der Waals surface area (Å²) >= 11 is 0. The normalized spacial score (nSPS) is 19.0. The first-order valence-electron chi connectivity index (χ1n) is 22.8. The molecule has 3 saturated carbocycles. The van der Waals surface area contributed by atoms with E-state index in [1.807, 2.05) is 14.1 Å². The van der Waals surface area contributed by atoms with Crippen molar-refractivity contribution >= 4 is 17.7 Å². The van der Waals surface area contributed by atoms with Gasteiger partial charge in [-0.25, -0.2) is 0 Å². The molecule has 3 fully saturated rings. The number of Topliss-reactive ketones (excluding diaryl/α,β-unsaturated/α-hetero) is 1. The molecule has 3 aliphatic rings. The summed E-state index contributed by atoms with van der Waals surface area (Å²) < 4.78 is 11.6. The van der Waals surface area contributed by atoms with Crippen molar-refractivity contribution in [3.63, 3.8) is 0 Å². The molecular formula is C46H85NO5. The molecule has 6 nitrogen and oxygen atoms in total. The second-order valence-corrected chi connectivity index (χ2v) is 17.5. The summed E-state index contributed by atoms with van der Waals surface area (Å²) in [5.74, 6) is 2.04. The van der Waals surface area contributed by atoms with Crippen LogP contribution in [0.1, 0.15) is 226 Å². The number of esters is 2. The van der Waals surface area contributed by atoms with Crippen LogP contribution in [0.3, 0.4) is 0 Å². The van der Waals surface area contributed by atoms with Gasteiger partial charge in [0.05, 0.1) is 6.61 Å². The van der Waals surface area contributed by atoms with E-state index in [0.29, 0.717) is 43.0 Å². The Morgan fingerprint density at radius 1 is 0.596 bits per heavy atom. The molecule has 0 radical (unpaired) electrons. The Hall–Kier alpha value is -1.43. The van der Waals surface area contributed by atoms with Crippen LogP contribution in [-0.2, 0) is 23.9 Å². The monoisotopic (exact) mass is 732 g/mol. The van der Waals surface area contributed by atoms with Crippen molar-refractivity contribution in [3.05, 3.63) is 0 Å². The lowest BCUT2D eigenvalue weighted by molar-refractivity contribution is -0.150. The fraction of sp³-hybridized carbons (Fsp3) is 0.935. The van der Waals surface area contributed by atoms with Gasteiger partial charge in [-0.2, -0.15) is 0 Å². The standard InChI is InChI=1S/C46H85NO5/c1-5-7-13-22-40(23-14-8-6-2)33-39-51-44(49)28-18-11-9-10-16-26-43(52-45(50)29-21-38-47(3)4)27-17-12-15-24-42(48)25-19-20-34-46-35-30-41(31-36-46)32-37-46/h40-41,43H,5-39H2,1-4H3. The highest BCUT2D eigenvalue weighted by Crippen LogP contribution is 2.52. The van der Waals surface area contributed by atoms with Crippen LogP contribution in [0, 0.1) is 17.3 Å². The summed E-state index contributed by atoms with van der Waals surface area (Å²) in [4.78, 5) is 39.7. The van der Waals surface area contributed by atoms with Gasteiger partial charge in [-0.1, -0.05) is 97.3 Å². The number of unbranched alkanes of at least 4 members (excludes halogenated alkanes) is 11. The maximum Gasteiger partial charge on any atom is 0.306 e. The highest BCUT2D eigenvalue weighted by molar-refractivity contribution is 5.78. The zero-order chi connectivity index (χ0) is 37.7. The van der Waals surface area contributed by atoms with Crippen LogP contribution in [0.15, 0.2) is 0 Å². The molecule has 1 unspecified atom stereocenters. The molecule has 52 heavy (non-hydrogen) atoms. The number of hydrogen-bond acceptors (Lipinski definition) is 6. The van der Waals surface area contributed by atoms with E-state index in [0.717, 1.165) is 102 Å². The van der Waals surface area contributed by atoms with E-state index in [2.05, 4.69) is 18.7 Å². The number of ketones is 1. The van der Waals surface area contributed by atoms with E-state index in [4.69, 9.17) is 9.47 Å². The Morgan fingerprint density at radius 3 is 1.73 bits per heavy atom. The van der Waals surface area contributed by atoms with Crippen LogP contribution < -0.4 is 0 Å². The minimum Gasteiger partial charge on any atom is -0.466 e. The van der Waals surface area contributed by atoms with Crippen molar-refractivity contribution in [1.82, 2.24) is 4.90 Å². The lowest BCUT2D eigenvalue weighted by Gasteiger charge is -2.47. The molecule has 3 aliphatic carbocycles. The van der Waals surface area contributed by atoms with Gasteiger partial charge in [-0.05, 0) is 141 Å². The van der Waals surface area contributed by atoms with Crippen LogP contribution in [-0.4, -0.2) is 56.0 Å². The van der Waals surface area contributed by atoms with Crippen molar-refractivity contribution in [2.45, 2.75) is 232 Å². The van der Waals surface area contributed by atoms with E-state index >= 15 is 0 Å². The van der Waals surface area contributed by atoms with Crippen LogP contribution in [0.2, 0.25) is 0 Å². The van der Waals surface area contributed by atoms with E-state index < -0.39 is 0 Å². The van der Waals surface area contributed by atoms with Crippen LogP contribution >= 0.6 is 0 Å². The Balaban J connectivity index is 1.56. The number of rotatable bonds is 35. The number of carbonyl (C=O) groups is 3. The quantitative estimate of drug-likeness (QED) is 0.0477. The zero-order valence-electron chi connectivity index (χ0n) is 35.0. The molecule has 0 saturated heterocycles. The van der Waals surface area contributed by atoms with Gasteiger partial charge in [-0.15, -0.1) is 0 Å². The van der Waals surface area contributed by atoms with Crippen LogP contribution in [0.25, 0.3) is 0 Å². The number of nitrogens with zero attached hydrogens (tertiary/aromatic N) is 1. The first kappa shape index (κ1) is 46.7. The first-order valence-corrected chi connectivity index (χ1v) is 22.8. The summed E-state index contributed by atoms with van der Waals surface area (Å²) in [7, 11) is 4.06. The van der Waals surface area contributed by atoms with Crippen LogP contribution in [0.5, 0.6) is 0 Å². The molecule has 0 aliphatic heterocycles. The van der Waals surface area contributed by atoms with Crippen LogP contribution in [0.4, 0.5) is 0 Å². The van der Waals surface area contributed by atoms with E-state index in [1.54, 1.807) is 0 Å². The summed E-state index contributed by atoms with van der Waals surface area (Å²) in [6.07, 6.45) is 36.8. The van der Waals surface area contributed by atoms with Crippen molar-refractivity contribution in [2.24, 2.45) is 17.3 Å². The Morgan fingerprint density at radius 2 is 1.12 bits per heavy atom. The van der Waals surface area contributed by atoms with Gasteiger partial charge >= 0.3 is 11.9 Å². The Labute approximate surface area is 322 Å². The highest BCUT2D eigenvalue weighted by atomic mass is 16.5. The molecular weight excluding hydrogens is 647 g/mol. The molecule has 0 N–H and O–H groups in total. The van der Waals surface area contributed by atoms with Crippen molar-refractivity contribution < 1.29 is 23.9 Å². The van der Waals surface area contributed by atoms with Gasteiger partial charge in [0.25, 0.3) is 0 Å². The molecule has 3 rings (SSSR count). The van der Waals surface area contributed by atoms with Crippen molar-refractivity contribution in [2.75, 3.05) is 27.2 Å². The largest absolute Gasteiger partial charge is 0.466 e. The fourth-order valence-corrected chi connectivity index (χ4v) is 8.96. The SMILES string of the molecule is CCCCCC(CCCCC)CCOC(=O)CCCCCCCC(CCCCCC(=O)CCCCC12CCC(CC1)CC2)OC(=O)CCCN(C)C. The molecule has 0 amide bonds. The second-order valence-electron chi connectivity index (χ2n) is 17.5. The molecule has 1 atom stereocenters. The third kappa shape index (κ3) is 23.4. The summed E-state index contributed by atoms with van der Waals surface area (Å²) in [5.41, 5.74) is 0.629. The van der Waals surface area contributed by atoms with Gasteiger partial charge < -0.3 is 14.4 Å². The molecule has 304 valence electrons. The van der Waals surface area contributed by atoms with Crippen molar-refractivity contribution in [3.8, 4) is 0 Å². The average molecular weight is 732 g/mol. The third-order valence-corrected chi connectivity index (χ3v) is 12.6. The molecule has 2 bridgehead atoms. The predicted molar refractivity (Wildman–Crippen MR) is 218 cm³/mol. The summed E-state index contributed by atoms with van der Waals surface area (Å²) in [6.45, 7) is 5.98. The number of ether oxygens (including phenoxy) is 2. The number of hydrogen-bond donors (Lipinski definition) is 0. The van der Waals surface area contributed by atoms with Gasteiger partial charge in [0.1, 0.15) is 11.9 Å². The van der Waals surface area contributed by atoms with Gasteiger partial charge in [0.15, 0.2) is 0 Å². The molecule has 6 heteroatoms. The maximum absolute atomic E-state index is 12.6. The minimum absolute atomic E-state index is 0.0282. The third-order valence-electron chi connectivity index (χ3n) is 12.6.